The molecule has 0 aromatic carbocycles. The third-order valence-corrected chi connectivity index (χ3v) is 3.91. The molecule has 1 aromatic heterocycles. The third-order valence-electron chi connectivity index (χ3n) is 3.91. The zero-order valence-electron chi connectivity index (χ0n) is 13.6. The maximum absolute atomic E-state index is 12.4. The molecule has 0 spiro atoms. The molecule has 1 aliphatic heterocycles. The van der Waals surface area contributed by atoms with Crippen molar-refractivity contribution >= 4 is 6.09 Å². The van der Waals surface area contributed by atoms with Crippen LogP contribution in [-0.2, 0) is 11.3 Å². The third kappa shape index (κ3) is 3.76. The Balaban J connectivity index is 1.71. The Morgan fingerprint density at radius 3 is 2.91 bits per heavy atom. The number of carbonyl (C=O) groups is 1. The molecule has 122 valence electrons. The molecule has 1 unspecified atom stereocenters. The van der Waals surface area contributed by atoms with Gasteiger partial charge in [-0.05, 0) is 39.5 Å². The Morgan fingerprint density at radius 1 is 1.45 bits per heavy atom. The van der Waals surface area contributed by atoms with Gasteiger partial charge in [0.1, 0.15) is 11.3 Å². The lowest BCUT2D eigenvalue weighted by atomic mass is 10.1. The van der Waals surface area contributed by atoms with Gasteiger partial charge >= 0.3 is 6.09 Å². The van der Waals surface area contributed by atoms with Crippen molar-refractivity contribution in [3.05, 3.63) is 11.9 Å². The van der Waals surface area contributed by atoms with E-state index in [1.165, 1.54) is 12.8 Å². The van der Waals surface area contributed by atoms with Crippen molar-refractivity contribution in [2.75, 3.05) is 19.6 Å². The summed E-state index contributed by atoms with van der Waals surface area (Å²) in [4.78, 5) is 14.2. The van der Waals surface area contributed by atoms with Crippen molar-refractivity contribution in [1.29, 1.82) is 0 Å². The standard InChI is InChI=1S/C15H25N5O2/c1-15(2,3)22-14(21)20-7-6-16-8-13(20)12-10-19(18-17-12)9-11-4-5-11/h10-11,13,16H,4-9H2,1-3H3. The van der Waals surface area contributed by atoms with Crippen LogP contribution in [0.25, 0.3) is 0 Å². The van der Waals surface area contributed by atoms with E-state index < -0.39 is 5.60 Å². The van der Waals surface area contributed by atoms with Gasteiger partial charge in [-0.3, -0.25) is 9.58 Å². The van der Waals surface area contributed by atoms with Crippen LogP contribution in [-0.4, -0.2) is 51.2 Å². The molecule has 2 aliphatic rings. The predicted octanol–water partition coefficient (Wildman–Crippen LogP) is 1.57. The van der Waals surface area contributed by atoms with Crippen LogP contribution in [0.5, 0.6) is 0 Å². The lowest BCUT2D eigenvalue weighted by Crippen LogP contribution is -2.50. The van der Waals surface area contributed by atoms with Crippen LogP contribution < -0.4 is 5.32 Å². The van der Waals surface area contributed by atoms with E-state index in [-0.39, 0.29) is 12.1 Å². The number of carbonyl (C=O) groups excluding carboxylic acids is 1. The first-order valence-corrected chi connectivity index (χ1v) is 8.03. The van der Waals surface area contributed by atoms with Gasteiger partial charge in [-0.2, -0.15) is 0 Å². The molecule has 1 aliphatic carbocycles. The summed E-state index contributed by atoms with van der Waals surface area (Å²) >= 11 is 0. The highest BCUT2D eigenvalue weighted by Crippen LogP contribution is 2.30. The van der Waals surface area contributed by atoms with E-state index in [1.807, 2.05) is 31.6 Å². The number of piperazine rings is 1. The first kappa shape index (κ1) is 15.3. The molecule has 1 N–H and O–H groups in total. The molecule has 0 radical (unpaired) electrons. The van der Waals surface area contributed by atoms with Crippen molar-refractivity contribution < 1.29 is 9.53 Å². The number of nitrogens with one attached hydrogen (secondary N) is 1. The summed E-state index contributed by atoms with van der Waals surface area (Å²) in [6.07, 6.45) is 4.25. The van der Waals surface area contributed by atoms with Crippen LogP contribution in [0, 0.1) is 5.92 Å². The highest BCUT2D eigenvalue weighted by molar-refractivity contribution is 5.69. The number of rotatable bonds is 3. The molecule has 7 heteroatoms. The second-order valence-corrected chi connectivity index (χ2v) is 7.20. The van der Waals surface area contributed by atoms with Crippen LogP contribution in [0.4, 0.5) is 4.79 Å². The fourth-order valence-electron chi connectivity index (χ4n) is 2.63. The molecule has 1 amide bonds. The summed E-state index contributed by atoms with van der Waals surface area (Å²) in [5.74, 6) is 0.751. The monoisotopic (exact) mass is 307 g/mol. The fraction of sp³-hybridized carbons (Fsp3) is 0.800. The summed E-state index contributed by atoms with van der Waals surface area (Å²) in [5, 5.41) is 11.8. The smallest absolute Gasteiger partial charge is 0.410 e. The summed E-state index contributed by atoms with van der Waals surface area (Å²) < 4.78 is 7.41. The van der Waals surface area contributed by atoms with Gasteiger partial charge in [0.2, 0.25) is 0 Å². The van der Waals surface area contributed by atoms with Crippen molar-refractivity contribution in [2.45, 2.75) is 51.8 Å². The quantitative estimate of drug-likeness (QED) is 0.917. The molecular weight excluding hydrogens is 282 g/mol. The van der Waals surface area contributed by atoms with Gasteiger partial charge in [0.25, 0.3) is 0 Å². The first-order chi connectivity index (χ1) is 10.4. The Bertz CT molecular complexity index is 532. The molecule has 1 saturated carbocycles. The van der Waals surface area contributed by atoms with Crippen molar-refractivity contribution in [3.8, 4) is 0 Å². The lowest BCUT2D eigenvalue weighted by molar-refractivity contribution is 0.0113. The summed E-state index contributed by atoms with van der Waals surface area (Å²) in [7, 11) is 0. The van der Waals surface area contributed by atoms with E-state index in [4.69, 9.17) is 4.74 Å². The Hall–Kier alpha value is -1.63. The van der Waals surface area contributed by atoms with E-state index in [2.05, 4.69) is 15.6 Å². The molecule has 22 heavy (non-hydrogen) atoms. The van der Waals surface area contributed by atoms with E-state index in [9.17, 15) is 4.79 Å². The second kappa shape index (κ2) is 5.87. The molecule has 7 nitrogen and oxygen atoms in total. The topological polar surface area (TPSA) is 72.3 Å². The van der Waals surface area contributed by atoms with E-state index in [0.29, 0.717) is 13.1 Å². The van der Waals surface area contributed by atoms with E-state index in [1.54, 1.807) is 4.90 Å². The average Bonchev–Trinajstić information content (AvgIpc) is 3.13. The van der Waals surface area contributed by atoms with Crippen molar-refractivity contribution in [2.24, 2.45) is 5.92 Å². The van der Waals surface area contributed by atoms with Crippen molar-refractivity contribution in [3.63, 3.8) is 0 Å². The molecule has 1 atom stereocenters. The molecule has 3 rings (SSSR count). The molecular formula is C15H25N5O2. The Morgan fingerprint density at radius 2 is 2.23 bits per heavy atom. The highest BCUT2D eigenvalue weighted by Gasteiger charge is 2.33. The maximum atomic E-state index is 12.4. The van der Waals surface area contributed by atoms with Gasteiger partial charge in [0, 0.05) is 26.2 Å². The minimum atomic E-state index is -0.490. The largest absolute Gasteiger partial charge is 0.444 e. The molecule has 2 heterocycles. The maximum Gasteiger partial charge on any atom is 0.410 e. The average molecular weight is 307 g/mol. The van der Waals surface area contributed by atoms with E-state index in [0.717, 1.165) is 24.7 Å². The SMILES string of the molecule is CC(C)(C)OC(=O)N1CCNCC1c1cn(CC2CC2)nn1. The Labute approximate surface area is 131 Å². The molecule has 1 saturated heterocycles. The number of hydrogen-bond donors (Lipinski definition) is 1. The van der Waals surface area contributed by atoms with Crippen LogP contribution in [0.15, 0.2) is 6.20 Å². The summed E-state index contributed by atoms with van der Waals surface area (Å²) in [6.45, 7) is 8.65. The van der Waals surface area contributed by atoms with Gasteiger partial charge in [0.05, 0.1) is 12.2 Å². The number of amides is 1. The van der Waals surface area contributed by atoms with Crippen LogP contribution in [0.3, 0.4) is 0 Å². The number of hydrogen-bond acceptors (Lipinski definition) is 5. The number of aromatic nitrogens is 3. The minimum Gasteiger partial charge on any atom is -0.444 e. The van der Waals surface area contributed by atoms with Crippen LogP contribution in [0.2, 0.25) is 0 Å². The van der Waals surface area contributed by atoms with Crippen LogP contribution in [0.1, 0.15) is 45.3 Å². The van der Waals surface area contributed by atoms with Crippen LogP contribution >= 0.6 is 0 Å². The Kier molecular flexibility index (Phi) is 4.08. The molecule has 0 bridgehead atoms. The summed E-state index contributed by atoms with van der Waals surface area (Å²) in [5.41, 5.74) is 0.342. The first-order valence-electron chi connectivity index (χ1n) is 8.03. The van der Waals surface area contributed by atoms with Crippen molar-refractivity contribution in [1.82, 2.24) is 25.2 Å². The second-order valence-electron chi connectivity index (χ2n) is 7.20. The van der Waals surface area contributed by atoms with Gasteiger partial charge in [-0.25, -0.2) is 4.79 Å². The predicted molar refractivity (Wildman–Crippen MR) is 81.3 cm³/mol. The van der Waals surface area contributed by atoms with Gasteiger partial charge in [-0.15, -0.1) is 5.10 Å². The zero-order valence-corrected chi connectivity index (χ0v) is 13.6. The fourth-order valence-corrected chi connectivity index (χ4v) is 2.63. The van der Waals surface area contributed by atoms with Gasteiger partial charge in [-0.1, -0.05) is 5.21 Å². The minimum absolute atomic E-state index is 0.114. The molecule has 1 aromatic rings. The van der Waals surface area contributed by atoms with Gasteiger partial charge < -0.3 is 10.1 Å². The van der Waals surface area contributed by atoms with E-state index >= 15 is 0 Å². The lowest BCUT2D eigenvalue weighted by Gasteiger charge is -2.36. The summed E-state index contributed by atoms with van der Waals surface area (Å²) in [6, 6.07) is -0.114. The zero-order chi connectivity index (χ0) is 15.7. The molecule has 2 fully saturated rings. The number of nitrogens with zero attached hydrogens (tertiary/aromatic N) is 4. The normalized spacial score (nSPS) is 22.7. The highest BCUT2D eigenvalue weighted by atomic mass is 16.6. The van der Waals surface area contributed by atoms with Gasteiger partial charge in [0.15, 0.2) is 0 Å². The number of ether oxygens (including phenoxy) is 1.